The van der Waals surface area contributed by atoms with Crippen LogP contribution in [0.25, 0.3) is 21.3 Å². The van der Waals surface area contributed by atoms with E-state index in [2.05, 4.69) is 49.8 Å². The predicted molar refractivity (Wildman–Crippen MR) is 199 cm³/mol. The van der Waals surface area contributed by atoms with Crippen LogP contribution in [0, 0.1) is 0 Å². The molecule has 2 saturated heterocycles. The largest absolute Gasteiger partial charge is 0.444 e. The van der Waals surface area contributed by atoms with Gasteiger partial charge in [0.1, 0.15) is 5.60 Å². The number of amides is 3. The van der Waals surface area contributed by atoms with Crippen LogP contribution in [-0.2, 0) is 31.7 Å². The molecule has 9 nitrogen and oxygen atoms in total. The Balaban J connectivity index is 1.36. The number of ether oxygens (including phenoxy) is 1. The molecule has 264 valence electrons. The minimum atomic E-state index is -2.06. The number of aryl methyl sites for hydroxylation is 1. The molecule has 3 aliphatic rings. The molecule has 6 rings (SSSR count). The topological polar surface area (TPSA) is 92.3 Å². The molecule has 0 N–H and O–H groups in total. The second kappa shape index (κ2) is 13.3. The molecular formula is C37H49ClN4O5SSi. The lowest BCUT2D eigenvalue weighted by atomic mass is 9.92. The average molecular weight is 725 g/mol. The van der Waals surface area contributed by atoms with E-state index in [-0.39, 0.29) is 54.4 Å². The Labute approximate surface area is 300 Å². The maximum Gasteiger partial charge on any atom is 0.410 e. The summed E-state index contributed by atoms with van der Waals surface area (Å²) in [6.45, 7) is 19.1. The van der Waals surface area contributed by atoms with Crippen molar-refractivity contribution < 1.29 is 23.5 Å². The Kier molecular flexibility index (Phi) is 9.71. The third kappa shape index (κ3) is 7.41. The number of imide groups is 1. The number of anilines is 1. The fourth-order valence-corrected chi connectivity index (χ4v) is 9.29. The number of pyridine rings is 1. The van der Waals surface area contributed by atoms with Crippen LogP contribution in [0.15, 0.2) is 30.5 Å². The smallest absolute Gasteiger partial charge is 0.410 e. The van der Waals surface area contributed by atoms with Crippen LogP contribution in [0.5, 0.6) is 0 Å². The minimum absolute atomic E-state index is 0.0544. The quantitative estimate of drug-likeness (QED) is 0.179. The Morgan fingerprint density at radius 1 is 1.04 bits per heavy atom. The van der Waals surface area contributed by atoms with Gasteiger partial charge in [-0.25, -0.2) is 4.79 Å². The monoisotopic (exact) mass is 724 g/mol. The number of benzene rings is 1. The first-order valence-electron chi connectivity index (χ1n) is 17.4. The van der Waals surface area contributed by atoms with E-state index in [0.717, 1.165) is 57.7 Å². The van der Waals surface area contributed by atoms with Crippen LogP contribution in [0.3, 0.4) is 0 Å². The lowest BCUT2D eigenvalue weighted by molar-refractivity contribution is -0.139. The molecule has 0 aliphatic carbocycles. The van der Waals surface area contributed by atoms with Crippen molar-refractivity contribution in [3.63, 3.8) is 0 Å². The van der Waals surface area contributed by atoms with Crippen LogP contribution >= 0.6 is 22.9 Å². The third-order valence-corrected chi connectivity index (χ3v) is 16.3. The van der Waals surface area contributed by atoms with Crippen molar-refractivity contribution in [1.29, 1.82) is 0 Å². The van der Waals surface area contributed by atoms with E-state index in [1.165, 1.54) is 10.5 Å². The lowest BCUT2D eigenvalue weighted by Crippen LogP contribution is -2.47. The van der Waals surface area contributed by atoms with Gasteiger partial charge in [0.05, 0.1) is 29.4 Å². The van der Waals surface area contributed by atoms with Crippen molar-refractivity contribution >= 4 is 65.1 Å². The molecule has 3 aromatic rings. The summed E-state index contributed by atoms with van der Waals surface area (Å²) >= 11 is 8.38. The third-order valence-electron chi connectivity index (χ3n) is 10.4. The lowest BCUT2D eigenvalue weighted by Gasteiger charge is -2.38. The van der Waals surface area contributed by atoms with Crippen molar-refractivity contribution in [1.82, 2.24) is 14.8 Å². The van der Waals surface area contributed by atoms with E-state index in [9.17, 15) is 14.4 Å². The molecule has 49 heavy (non-hydrogen) atoms. The van der Waals surface area contributed by atoms with E-state index < -0.39 is 13.9 Å². The van der Waals surface area contributed by atoms with Crippen LogP contribution in [0.1, 0.15) is 77.7 Å². The van der Waals surface area contributed by atoms with Crippen molar-refractivity contribution in [2.75, 3.05) is 24.6 Å². The van der Waals surface area contributed by atoms with Crippen LogP contribution in [0.4, 0.5) is 10.5 Å². The molecule has 0 spiro atoms. The van der Waals surface area contributed by atoms with Gasteiger partial charge in [-0.2, -0.15) is 0 Å². The molecule has 0 saturated carbocycles. The molecule has 0 radical (unpaired) electrons. The van der Waals surface area contributed by atoms with Gasteiger partial charge in [-0.3, -0.25) is 19.5 Å². The number of nitrogens with zero attached hydrogens (tertiary/aromatic N) is 4. The Morgan fingerprint density at radius 3 is 2.43 bits per heavy atom. The average Bonchev–Trinajstić information content (AvgIpc) is 3.71. The number of hydrogen-bond acceptors (Lipinski definition) is 8. The molecule has 5 heterocycles. The highest BCUT2D eigenvalue weighted by molar-refractivity contribution is 7.19. The number of hydrogen-bond donors (Lipinski definition) is 0. The van der Waals surface area contributed by atoms with Gasteiger partial charge in [0.15, 0.2) is 8.32 Å². The summed E-state index contributed by atoms with van der Waals surface area (Å²) in [4.78, 5) is 49.8. The van der Waals surface area contributed by atoms with E-state index in [0.29, 0.717) is 18.2 Å². The molecule has 2 aromatic heterocycles. The number of carbonyl (C=O) groups excluding carboxylic acids is 3. The van der Waals surface area contributed by atoms with Crippen LogP contribution in [0.2, 0.25) is 23.2 Å². The van der Waals surface area contributed by atoms with Crippen molar-refractivity contribution in [3.05, 3.63) is 45.9 Å². The molecule has 12 heteroatoms. The molecular weight excluding hydrogens is 676 g/mol. The van der Waals surface area contributed by atoms with Gasteiger partial charge < -0.3 is 19.0 Å². The highest BCUT2D eigenvalue weighted by atomic mass is 35.5. The first kappa shape index (κ1) is 35.8. The zero-order chi connectivity index (χ0) is 35.5. The Morgan fingerprint density at radius 2 is 1.76 bits per heavy atom. The summed E-state index contributed by atoms with van der Waals surface area (Å²) in [5.74, 6) is -0.250. The highest BCUT2D eigenvalue weighted by Crippen LogP contribution is 2.46. The number of thiophene rings is 1. The zero-order valence-corrected chi connectivity index (χ0v) is 32.6. The highest BCUT2D eigenvalue weighted by Gasteiger charge is 2.44. The molecule has 1 aromatic carbocycles. The van der Waals surface area contributed by atoms with Crippen LogP contribution in [-0.4, -0.2) is 78.4 Å². The predicted octanol–water partition coefficient (Wildman–Crippen LogP) is 8.42. The van der Waals surface area contributed by atoms with E-state index >= 15 is 0 Å². The van der Waals surface area contributed by atoms with E-state index in [1.807, 2.05) is 50.1 Å². The number of halogens is 1. The standard InChI is InChI=1S/C37H49ClN4O5SSi/c1-36(2,3)47-35(45)41-20-25(18-26(41)22-46-49(7,8)37(4,5)6)40-15-9-10-23-16-24(38)17-29(33(23)40)28-13-14-39-30-19-27(48-34(28)30)21-42-31(43)11-12-32(42)44/h13-14,16-17,19,25-26H,9-12,15,18,20-22H2,1-8H3/t25?,26-/m1/s1. The van der Waals surface area contributed by atoms with Gasteiger partial charge in [-0.15, -0.1) is 11.3 Å². The summed E-state index contributed by atoms with van der Waals surface area (Å²) in [5.41, 5.74) is 4.60. The molecule has 3 amide bonds. The van der Waals surface area contributed by atoms with Gasteiger partial charge in [-0.05, 0) is 88.0 Å². The van der Waals surface area contributed by atoms with E-state index in [4.69, 9.17) is 20.8 Å². The Bertz CT molecular complexity index is 1760. The normalized spacial score (nSPS) is 20.5. The number of fused-ring (bicyclic) bond motifs is 2. The Hall–Kier alpha value is -2.99. The maximum atomic E-state index is 13.7. The SMILES string of the molecule is CC(C)(C)OC(=O)N1CC(N2CCCc3cc(Cl)cc(-c4ccnc5cc(CN6C(=O)CCC6=O)sc45)c32)C[C@@H]1CO[Si](C)(C)C(C)(C)C. The van der Waals surface area contributed by atoms with Gasteiger partial charge >= 0.3 is 6.09 Å². The minimum Gasteiger partial charge on any atom is -0.444 e. The van der Waals surface area contributed by atoms with Gasteiger partial charge in [0.25, 0.3) is 0 Å². The first-order chi connectivity index (χ1) is 22.9. The number of carbonyl (C=O) groups is 3. The van der Waals surface area contributed by atoms with Gasteiger partial charge in [0, 0.05) is 64.9 Å². The molecule has 2 fully saturated rings. The number of aromatic nitrogens is 1. The summed E-state index contributed by atoms with van der Waals surface area (Å²) in [5, 5.41) is 0.728. The zero-order valence-electron chi connectivity index (χ0n) is 30.0. The van der Waals surface area contributed by atoms with Gasteiger partial charge in [-0.1, -0.05) is 32.4 Å². The summed E-state index contributed by atoms with van der Waals surface area (Å²) in [7, 11) is -2.06. The fourth-order valence-electron chi connectivity index (χ4n) is 6.88. The molecule has 0 bridgehead atoms. The van der Waals surface area contributed by atoms with Crippen molar-refractivity contribution in [3.8, 4) is 11.1 Å². The molecule has 1 unspecified atom stereocenters. The summed E-state index contributed by atoms with van der Waals surface area (Å²) in [6.07, 6.45) is 4.71. The molecule has 3 aliphatic heterocycles. The summed E-state index contributed by atoms with van der Waals surface area (Å²) in [6, 6.07) is 8.08. The number of likely N-dealkylation sites (tertiary alicyclic amines) is 2. The first-order valence-corrected chi connectivity index (χ1v) is 21.5. The second-order valence-electron chi connectivity index (χ2n) is 16.2. The van der Waals surface area contributed by atoms with Gasteiger partial charge in [0.2, 0.25) is 11.8 Å². The molecule has 2 atom stereocenters. The fraction of sp³-hybridized carbons (Fsp3) is 0.568. The van der Waals surface area contributed by atoms with Crippen molar-refractivity contribution in [2.45, 2.75) is 116 Å². The van der Waals surface area contributed by atoms with E-state index in [1.54, 1.807) is 11.3 Å². The van der Waals surface area contributed by atoms with Crippen molar-refractivity contribution in [2.24, 2.45) is 0 Å². The second-order valence-corrected chi connectivity index (χ2v) is 22.5. The summed E-state index contributed by atoms with van der Waals surface area (Å²) < 4.78 is 13.6. The van der Waals surface area contributed by atoms with Crippen LogP contribution < -0.4 is 4.90 Å². The maximum absolute atomic E-state index is 13.7. The number of rotatable bonds is 7.